The van der Waals surface area contributed by atoms with Crippen molar-refractivity contribution in [1.82, 2.24) is 9.88 Å². The molecule has 1 heterocycles. The third-order valence-corrected chi connectivity index (χ3v) is 14.4. The largest absolute Gasteiger partial charge is 0.493 e. The van der Waals surface area contributed by atoms with Crippen molar-refractivity contribution in [3.05, 3.63) is 53.9 Å². The number of hydrogen-bond acceptors (Lipinski definition) is 10. The molecule has 14 nitrogen and oxygen atoms in total. The van der Waals surface area contributed by atoms with Crippen molar-refractivity contribution in [3.8, 4) is 28.7 Å². The number of nitrogens with zero attached hydrogens (tertiary/aromatic N) is 2. The highest BCUT2D eigenvalue weighted by Crippen LogP contribution is 2.38. The number of carbonyl (C=O) groups is 4. The molecule has 3 N–H and O–H groups in total. The first-order valence-corrected chi connectivity index (χ1v) is 31.8. The molecule has 0 aliphatic carbocycles. The standard InChI is InChI=1S/C66H107N5O9/c1-8-15-20-25-30-35-42-76-58-40-41-67-52-57(58)70-66(75)54-48-56(62(80-46-39-34-29-24-19-12-5)50-60(54)78-44-37-32-27-22-17-10-3)69-65(74)53-47-55(68-63(72)51-64(73)71(13-6)14-7)61(79-45-38-33-28-23-18-11-4)49-59(53)77-43-36-31-26-21-16-9-2/h40-41,47-50,52H,8-39,42-46,51H2,1-7H3,(H,68,72)(H,69,74)(H,70,75). The van der Waals surface area contributed by atoms with Crippen LogP contribution in [0.1, 0.15) is 268 Å². The van der Waals surface area contributed by atoms with Crippen LogP contribution < -0.4 is 39.6 Å². The van der Waals surface area contributed by atoms with Gasteiger partial charge in [0.1, 0.15) is 40.9 Å². The van der Waals surface area contributed by atoms with Gasteiger partial charge in [0.15, 0.2) is 0 Å². The smallest absolute Gasteiger partial charge is 0.259 e. The lowest BCUT2D eigenvalue weighted by Gasteiger charge is -2.21. The van der Waals surface area contributed by atoms with Crippen LogP contribution in [0.2, 0.25) is 0 Å². The summed E-state index contributed by atoms with van der Waals surface area (Å²) >= 11 is 0. The third-order valence-electron chi connectivity index (χ3n) is 14.4. The van der Waals surface area contributed by atoms with Gasteiger partial charge in [0.05, 0.1) is 61.7 Å². The number of unbranched alkanes of at least 4 members (excludes halogenated alkanes) is 25. The van der Waals surface area contributed by atoms with Gasteiger partial charge in [0.25, 0.3) is 11.8 Å². The Balaban J connectivity index is 2.16. The van der Waals surface area contributed by atoms with Crippen LogP contribution in [-0.2, 0) is 9.59 Å². The number of hydrogen-bond donors (Lipinski definition) is 3. The minimum atomic E-state index is -0.561. The number of carbonyl (C=O) groups excluding carboxylic acids is 4. The van der Waals surface area contributed by atoms with E-state index in [-0.39, 0.29) is 40.6 Å². The normalized spacial score (nSPS) is 11.0. The van der Waals surface area contributed by atoms with Gasteiger partial charge in [0.2, 0.25) is 11.8 Å². The summed E-state index contributed by atoms with van der Waals surface area (Å²) in [6, 6.07) is 8.33. The molecule has 0 atom stereocenters. The zero-order chi connectivity index (χ0) is 57.8. The fourth-order valence-corrected chi connectivity index (χ4v) is 9.47. The van der Waals surface area contributed by atoms with Crippen LogP contribution in [0.4, 0.5) is 17.1 Å². The summed E-state index contributed by atoms with van der Waals surface area (Å²) in [6.07, 6.45) is 35.0. The Morgan fingerprint density at radius 2 is 0.713 bits per heavy atom. The van der Waals surface area contributed by atoms with Crippen LogP contribution in [0.15, 0.2) is 42.7 Å². The fraction of sp³-hybridized carbons (Fsp3) is 0.682. The van der Waals surface area contributed by atoms with Crippen LogP contribution in [0, 0.1) is 0 Å². The topological polar surface area (TPSA) is 167 Å². The second-order valence-electron chi connectivity index (χ2n) is 21.3. The highest BCUT2D eigenvalue weighted by Gasteiger charge is 2.25. The van der Waals surface area contributed by atoms with Gasteiger partial charge in [0, 0.05) is 37.5 Å². The number of anilines is 3. The minimum Gasteiger partial charge on any atom is -0.493 e. The molecule has 3 rings (SSSR count). The number of rotatable bonds is 49. The molecular formula is C66H107N5O9. The fourth-order valence-electron chi connectivity index (χ4n) is 9.47. The van der Waals surface area contributed by atoms with E-state index in [1.165, 1.54) is 44.9 Å². The molecule has 0 bridgehead atoms. The van der Waals surface area contributed by atoms with Gasteiger partial charge >= 0.3 is 0 Å². The number of ether oxygens (including phenoxy) is 5. The SMILES string of the molecule is CCCCCCCCOc1cc(OCCCCCCCC)c(C(=O)Nc2cc(C(=O)Nc3cnccc3OCCCCCCCC)c(OCCCCCCCC)cc2OCCCCCCCC)cc1NC(=O)CC(=O)N(CC)CC. The Morgan fingerprint density at radius 3 is 1.09 bits per heavy atom. The molecule has 14 heteroatoms. The second kappa shape index (κ2) is 44.2. The van der Waals surface area contributed by atoms with Crippen molar-refractivity contribution in [2.24, 2.45) is 0 Å². The molecular weight excluding hydrogens is 1010 g/mol. The summed E-state index contributed by atoms with van der Waals surface area (Å²) in [6.45, 7) is 17.7. The summed E-state index contributed by atoms with van der Waals surface area (Å²) in [4.78, 5) is 62.8. The van der Waals surface area contributed by atoms with E-state index in [0.29, 0.717) is 74.8 Å². The molecule has 3 aromatic rings. The van der Waals surface area contributed by atoms with Crippen molar-refractivity contribution >= 4 is 40.7 Å². The predicted octanol–water partition coefficient (Wildman–Crippen LogP) is 17.5. The van der Waals surface area contributed by atoms with Crippen molar-refractivity contribution in [1.29, 1.82) is 0 Å². The number of benzene rings is 2. The van der Waals surface area contributed by atoms with Gasteiger partial charge < -0.3 is 44.5 Å². The van der Waals surface area contributed by atoms with Crippen molar-refractivity contribution < 1.29 is 42.9 Å². The van der Waals surface area contributed by atoms with Crippen LogP contribution in [-0.4, -0.2) is 79.6 Å². The molecule has 0 unspecified atom stereocenters. The average Bonchev–Trinajstić information content (AvgIpc) is 3.46. The Labute approximate surface area is 483 Å². The molecule has 0 aliphatic rings. The minimum absolute atomic E-state index is 0.132. The molecule has 450 valence electrons. The monoisotopic (exact) mass is 1110 g/mol. The van der Waals surface area contributed by atoms with Gasteiger partial charge in [-0.1, -0.05) is 195 Å². The van der Waals surface area contributed by atoms with E-state index in [1.54, 1.807) is 47.6 Å². The Kier molecular flexibility index (Phi) is 37.9. The maximum atomic E-state index is 15.2. The number of aromatic nitrogens is 1. The molecule has 0 aliphatic heterocycles. The third kappa shape index (κ3) is 28.3. The van der Waals surface area contributed by atoms with Crippen molar-refractivity contribution in [2.75, 3.05) is 62.1 Å². The van der Waals surface area contributed by atoms with E-state index >= 15 is 4.79 Å². The Morgan fingerprint density at radius 1 is 0.388 bits per heavy atom. The lowest BCUT2D eigenvalue weighted by atomic mass is 10.1. The summed E-state index contributed by atoms with van der Waals surface area (Å²) in [5, 5.41) is 9.10. The van der Waals surface area contributed by atoms with E-state index in [9.17, 15) is 14.4 Å². The van der Waals surface area contributed by atoms with Gasteiger partial charge in [-0.25, -0.2) is 0 Å². The molecule has 0 spiro atoms. The lowest BCUT2D eigenvalue weighted by molar-refractivity contribution is -0.134. The molecule has 80 heavy (non-hydrogen) atoms. The predicted molar refractivity (Wildman–Crippen MR) is 329 cm³/mol. The van der Waals surface area contributed by atoms with Crippen LogP contribution in [0.25, 0.3) is 0 Å². The van der Waals surface area contributed by atoms with E-state index in [1.807, 2.05) is 13.8 Å². The van der Waals surface area contributed by atoms with Gasteiger partial charge in [-0.05, 0) is 58.1 Å². The van der Waals surface area contributed by atoms with Gasteiger partial charge in [-0.3, -0.25) is 24.2 Å². The maximum absolute atomic E-state index is 15.2. The molecule has 0 radical (unpaired) electrons. The van der Waals surface area contributed by atoms with E-state index < -0.39 is 17.7 Å². The lowest BCUT2D eigenvalue weighted by Crippen LogP contribution is -2.33. The summed E-state index contributed by atoms with van der Waals surface area (Å²) < 4.78 is 32.2. The van der Waals surface area contributed by atoms with Crippen LogP contribution in [0.3, 0.4) is 0 Å². The quantitative estimate of drug-likeness (QED) is 0.0366. The zero-order valence-electron chi connectivity index (χ0n) is 51.0. The molecule has 0 saturated heterocycles. The van der Waals surface area contributed by atoms with Crippen LogP contribution >= 0.6 is 0 Å². The van der Waals surface area contributed by atoms with Gasteiger partial charge in [-0.2, -0.15) is 0 Å². The molecule has 1 aromatic heterocycles. The molecule has 2 aromatic carbocycles. The summed E-state index contributed by atoms with van der Waals surface area (Å²) in [5.74, 6) is -0.0533. The Hall–Kier alpha value is -5.53. The van der Waals surface area contributed by atoms with E-state index in [4.69, 9.17) is 23.7 Å². The Bertz CT molecular complexity index is 2160. The first kappa shape index (κ1) is 68.7. The van der Waals surface area contributed by atoms with Crippen molar-refractivity contribution in [3.63, 3.8) is 0 Å². The van der Waals surface area contributed by atoms with Gasteiger partial charge in [-0.15, -0.1) is 0 Å². The van der Waals surface area contributed by atoms with E-state index in [0.717, 1.165) is 148 Å². The average molecular weight is 1110 g/mol. The zero-order valence-corrected chi connectivity index (χ0v) is 51.0. The second-order valence-corrected chi connectivity index (χ2v) is 21.3. The maximum Gasteiger partial charge on any atom is 0.259 e. The number of amides is 4. The molecule has 0 saturated carbocycles. The molecule has 4 amide bonds. The van der Waals surface area contributed by atoms with E-state index in [2.05, 4.69) is 55.6 Å². The van der Waals surface area contributed by atoms with Crippen LogP contribution in [0.5, 0.6) is 28.7 Å². The summed E-state index contributed by atoms with van der Waals surface area (Å²) in [5.41, 5.74) is 1.23. The van der Waals surface area contributed by atoms with Crippen molar-refractivity contribution in [2.45, 2.75) is 248 Å². The molecule has 0 fully saturated rings. The number of nitrogens with one attached hydrogen (secondary N) is 3. The first-order valence-electron chi connectivity index (χ1n) is 31.8. The first-order chi connectivity index (χ1) is 39.1. The number of pyridine rings is 1. The summed E-state index contributed by atoms with van der Waals surface area (Å²) in [7, 11) is 0. The highest BCUT2D eigenvalue weighted by atomic mass is 16.5. The highest BCUT2D eigenvalue weighted by molar-refractivity contribution is 6.12.